The van der Waals surface area contributed by atoms with Gasteiger partial charge in [-0.15, -0.1) is 0 Å². The van der Waals surface area contributed by atoms with E-state index in [0.717, 1.165) is 25.2 Å². The first-order valence-electron chi connectivity index (χ1n) is 17.6. The van der Waals surface area contributed by atoms with Crippen LogP contribution in [-0.2, 0) is 4.79 Å². The van der Waals surface area contributed by atoms with Crippen molar-refractivity contribution < 1.29 is 9.90 Å². The third-order valence-electron chi connectivity index (χ3n) is 7.95. The molecule has 1 N–H and O–H groups in total. The summed E-state index contributed by atoms with van der Waals surface area (Å²) in [6, 6.07) is 0. The maximum atomic E-state index is 12.6. The van der Waals surface area contributed by atoms with Gasteiger partial charge in [0.2, 0.25) is 0 Å². The largest absolute Gasteiger partial charge is 0.396 e. The number of unbranched alkanes of at least 4 members (excludes halogenated alkanes) is 23. The number of carbonyl (C=O) groups excluding carboxylic acids is 1. The molecule has 0 saturated heterocycles. The van der Waals surface area contributed by atoms with E-state index in [2.05, 4.69) is 32.1 Å². The zero-order chi connectivity index (χ0) is 28.5. The average Bonchev–Trinajstić information content (AvgIpc) is 2.94. The molecule has 0 amide bonds. The Balaban J connectivity index is 3.64. The molecule has 229 valence electrons. The van der Waals surface area contributed by atoms with Crippen LogP contribution < -0.4 is 0 Å². The van der Waals surface area contributed by atoms with Gasteiger partial charge in [0.05, 0.1) is 5.92 Å². The van der Waals surface area contributed by atoms with Crippen LogP contribution in [0.15, 0.2) is 24.3 Å². The Morgan fingerprint density at radius 3 is 1.23 bits per heavy atom. The van der Waals surface area contributed by atoms with Gasteiger partial charge in [0.25, 0.3) is 0 Å². The lowest BCUT2D eigenvalue weighted by Crippen LogP contribution is -2.11. The maximum Gasteiger partial charge on any atom is 0.144 e. The second-order valence-corrected chi connectivity index (χ2v) is 11.8. The monoisotopic (exact) mass is 546 g/mol. The van der Waals surface area contributed by atoms with Crippen LogP contribution in [0.2, 0.25) is 0 Å². The van der Waals surface area contributed by atoms with E-state index in [-0.39, 0.29) is 12.4 Å². The molecule has 0 aliphatic carbocycles. The number of allylic oxidation sites excluding steroid dienone is 4. The van der Waals surface area contributed by atoms with Gasteiger partial charge < -0.3 is 5.11 Å². The molecule has 0 saturated carbocycles. The van der Waals surface area contributed by atoms with Crippen LogP contribution in [0.25, 0.3) is 0 Å². The van der Waals surface area contributed by atoms with E-state index >= 15 is 0 Å². The van der Waals surface area contributed by atoms with E-state index in [9.17, 15) is 9.90 Å². The van der Waals surface area contributed by atoms with Crippen LogP contribution >= 0.6 is 0 Å². The molecule has 0 rings (SSSR count). The van der Waals surface area contributed by atoms with Gasteiger partial charge in [-0.2, -0.15) is 0 Å². The summed E-state index contributed by atoms with van der Waals surface area (Å²) in [4.78, 5) is 12.6. The molecule has 0 unspecified atom stereocenters. The predicted molar refractivity (Wildman–Crippen MR) is 174 cm³/mol. The first-order valence-corrected chi connectivity index (χ1v) is 17.6. The Labute approximate surface area is 245 Å². The summed E-state index contributed by atoms with van der Waals surface area (Å²) in [7, 11) is 0. The molecule has 39 heavy (non-hydrogen) atoms. The third kappa shape index (κ3) is 29.9. The molecule has 0 bridgehead atoms. The smallest absolute Gasteiger partial charge is 0.144 e. The fourth-order valence-electron chi connectivity index (χ4n) is 5.28. The van der Waals surface area contributed by atoms with Gasteiger partial charge in [-0.3, -0.25) is 4.79 Å². The number of rotatable bonds is 32. The first kappa shape index (κ1) is 38.1. The number of ketones is 1. The molecule has 0 atom stereocenters. The zero-order valence-corrected chi connectivity index (χ0v) is 26.7. The summed E-state index contributed by atoms with van der Waals surface area (Å²) in [6.07, 6.45) is 44.1. The molecule has 0 spiro atoms. The van der Waals surface area contributed by atoms with E-state index in [1.165, 1.54) is 148 Å². The van der Waals surface area contributed by atoms with Gasteiger partial charge in [-0.05, 0) is 51.4 Å². The minimum atomic E-state index is 0.0659. The highest BCUT2D eigenvalue weighted by atomic mass is 16.3. The molecule has 0 aromatic heterocycles. The number of hydrogen-bond acceptors (Lipinski definition) is 2. The lowest BCUT2D eigenvalue weighted by molar-refractivity contribution is -0.117. The second kappa shape index (κ2) is 33.3. The number of aliphatic hydroxyl groups excluding tert-OH is 1. The number of Topliss-reactive ketones (excluding diaryl/α,β-unsaturated/α-hetero) is 1. The van der Waals surface area contributed by atoms with Crippen molar-refractivity contribution in [3.63, 3.8) is 0 Å². The van der Waals surface area contributed by atoms with E-state index in [1.54, 1.807) is 0 Å². The third-order valence-corrected chi connectivity index (χ3v) is 7.95. The van der Waals surface area contributed by atoms with Crippen molar-refractivity contribution in [2.24, 2.45) is 0 Å². The Morgan fingerprint density at radius 1 is 0.462 bits per heavy atom. The SMILES string of the molecule is CCCCCCCC/C=C\CCCCCCCC(=O)[C](C=CCCCCCCCCCCCCCC)CCO. The summed E-state index contributed by atoms with van der Waals surface area (Å²) in [5.41, 5.74) is 0. The van der Waals surface area contributed by atoms with Crippen molar-refractivity contribution in [1.29, 1.82) is 0 Å². The van der Waals surface area contributed by atoms with E-state index < -0.39 is 0 Å². The van der Waals surface area contributed by atoms with Crippen molar-refractivity contribution >= 4 is 5.78 Å². The van der Waals surface area contributed by atoms with Crippen LogP contribution in [0.3, 0.4) is 0 Å². The minimum Gasteiger partial charge on any atom is -0.396 e. The fourth-order valence-corrected chi connectivity index (χ4v) is 5.28. The van der Waals surface area contributed by atoms with Crippen molar-refractivity contribution in [3.05, 3.63) is 30.2 Å². The quantitative estimate of drug-likeness (QED) is 0.0674. The van der Waals surface area contributed by atoms with Crippen molar-refractivity contribution in [1.82, 2.24) is 0 Å². The van der Waals surface area contributed by atoms with Crippen LogP contribution in [0.5, 0.6) is 0 Å². The molecular weight excluding hydrogens is 476 g/mol. The molecule has 2 heteroatoms. The molecule has 1 radical (unpaired) electrons. The highest BCUT2D eigenvalue weighted by molar-refractivity contribution is 5.94. The van der Waals surface area contributed by atoms with E-state index in [0.29, 0.717) is 12.8 Å². The van der Waals surface area contributed by atoms with E-state index in [1.807, 2.05) is 6.08 Å². The van der Waals surface area contributed by atoms with Crippen LogP contribution in [0, 0.1) is 5.92 Å². The zero-order valence-electron chi connectivity index (χ0n) is 26.7. The van der Waals surface area contributed by atoms with Gasteiger partial charge in [-0.25, -0.2) is 0 Å². The molecule has 0 aromatic carbocycles. The number of carbonyl (C=O) groups is 1. The summed E-state index contributed by atoms with van der Waals surface area (Å²) >= 11 is 0. The predicted octanol–water partition coefficient (Wildman–Crippen LogP) is 12.2. The summed E-state index contributed by atoms with van der Waals surface area (Å²) in [6.45, 7) is 4.62. The Hall–Kier alpha value is -0.890. The van der Waals surface area contributed by atoms with Crippen LogP contribution in [-0.4, -0.2) is 17.5 Å². The van der Waals surface area contributed by atoms with E-state index in [4.69, 9.17) is 0 Å². The maximum absolute atomic E-state index is 12.6. The van der Waals surface area contributed by atoms with Gasteiger partial charge in [-0.1, -0.05) is 160 Å². The summed E-state index contributed by atoms with van der Waals surface area (Å²) in [5.74, 6) is 1.07. The van der Waals surface area contributed by atoms with Gasteiger partial charge in [0, 0.05) is 13.0 Å². The lowest BCUT2D eigenvalue weighted by Gasteiger charge is -2.09. The minimum absolute atomic E-state index is 0.0659. The van der Waals surface area contributed by atoms with Gasteiger partial charge in [0.1, 0.15) is 5.78 Å². The molecule has 0 fully saturated rings. The van der Waals surface area contributed by atoms with Crippen LogP contribution in [0.1, 0.15) is 194 Å². The highest BCUT2D eigenvalue weighted by Gasteiger charge is 2.15. The van der Waals surface area contributed by atoms with Crippen molar-refractivity contribution in [3.8, 4) is 0 Å². The topological polar surface area (TPSA) is 37.3 Å². The Bertz CT molecular complexity index is 536. The first-order chi connectivity index (χ1) is 19.3. The summed E-state index contributed by atoms with van der Waals surface area (Å²) in [5, 5.41) is 9.39. The van der Waals surface area contributed by atoms with Crippen LogP contribution in [0.4, 0.5) is 0 Å². The van der Waals surface area contributed by atoms with Crippen molar-refractivity contribution in [2.75, 3.05) is 6.61 Å². The number of aliphatic hydroxyl groups is 1. The van der Waals surface area contributed by atoms with Gasteiger partial charge >= 0.3 is 0 Å². The fraction of sp³-hybridized carbons (Fsp3) is 0.838. The molecule has 0 aromatic rings. The molecule has 0 aliphatic heterocycles. The Kier molecular flexibility index (Phi) is 32.6. The molecule has 0 aliphatic rings. The standard InChI is InChI=1S/C37H69O2/c1-3-5-7-9-11-13-15-17-19-21-23-25-27-29-31-33-37(39)36(34-35-38)32-30-28-26-24-22-20-18-16-14-12-10-8-6-4-2/h17,19,30,32,38H,3-16,18,20-29,31,33-35H2,1-2H3/b19-17-,32-30?. The lowest BCUT2D eigenvalue weighted by atomic mass is 9.95. The molecule has 0 heterocycles. The summed E-state index contributed by atoms with van der Waals surface area (Å²) < 4.78 is 0. The Morgan fingerprint density at radius 2 is 0.821 bits per heavy atom. The normalized spacial score (nSPS) is 12.0. The number of hydrogen-bond donors (Lipinski definition) is 1. The second-order valence-electron chi connectivity index (χ2n) is 11.8. The van der Waals surface area contributed by atoms with Gasteiger partial charge in [0.15, 0.2) is 0 Å². The molecule has 2 nitrogen and oxygen atoms in total. The molecular formula is C37H69O2. The average molecular weight is 546 g/mol. The van der Waals surface area contributed by atoms with Crippen molar-refractivity contribution in [2.45, 2.75) is 194 Å². The highest BCUT2D eigenvalue weighted by Crippen LogP contribution is 2.17.